The Morgan fingerprint density at radius 1 is 1.22 bits per heavy atom. The minimum absolute atomic E-state index is 0.0243. The van der Waals surface area contributed by atoms with Crippen LogP contribution in [0, 0.1) is 6.92 Å². The number of hydrogen-bond acceptors (Lipinski definition) is 2. The van der Waals surface area contributed by atoms with Crippen LogP contribution in [0.1, 0.15) is 31.7 Å². The van der Waals surface area contributed by atoms with E-state index in [-0.39, 0.29) is 18.4 Å². The highest BCUT2D eigenvalue weighted by molar-refractivity contribution is 5.94. The Bertz CT molecular complexity index is 416. The zero-order chi connectivity index (χ0) is 13.4. The number of benzene rings is 1. The van der Waals surface area contributed by atoms with E-state index in [1.165, 1.54) is 0 Å². The van der Waals surface area contributed by atoms with E-state index in [2.05, 4.69) is 10.6 Å². The third kappa shape index (κ3) is 5.48. The first-order valence-electron chi connectivity index (χ1n) is 6.25. The fourth-order valence-corrected chi connectivity index (χ4v) is 1.53. The minimum atomic E-state index is -0.203. The van der Waals surface area contributed by atoms with Crippen molar-refractivity contribution in [2.24, 2.45) is 0 Å². The van der Waals surface area contributed by atoms with Crippen LogP contribution in [0.15, 0.2) is 24.3 Å². The molecule has 0 saturated heterocycles. The lowest BCUT2D eigenvalue weighted by Crippen LogP contribution is -2.32. The van der Waals surface area contributed by atoms with Gasteiger partial charge >= 0.3 is 0 Å². The van der Waals surface area contributed by atoms with Gasteiger partial charge in [0.25, 0.3) is 0 Å². The van der Waals surface area contributed by atoms with E-state index in [4.69, 9.17) is 0 Å². The summed E-state index contributed by atoms with van der Waals surface area (Å²) < 4.78 is 0. The van der Waals surface area contributed by atoms with Gasteiger partial charge < -0.3 is 10.6 Å². The van der Waals surface area contributed by atoms with Crippen molar-refractivity contribution in [3.8, 4) is 0 Å². The molecular formula is C14H20N2O2. The molecule has 0 radical (unpaired) electrons. The van der Waals surface area contributed by atoms with E-state index >= 15 is 0 Å². The molecule has 18 heavy (non-hydrogen) atoms. The van der Waals surface area contributed by atoms with Crippen molar-refractivity contribution in [3.63, 3.8) is 0 Å². The van der Waals surface area contributed by atoms with Crippen molar-refractivity contribution >= 4 is 17.5 Å². The molecule has 2 amide bonds. The van der Waals surface area contributed by atoms with Gasteiger partial charge in [-0.25, -0.2) is 0 Å². The summed E-state index contributed by atoms with van der Waals surface area (Å²) in [4.78, 5) is 22.9. The van der Waals surface area contributed by atoms with Gasteiger partial charge in [-0.1, -0.05) is 25.5 Å². The first-order chi connectivity index (χ1) is 8.61. The van der Waals surface area contributed by atoms with Crippen LogP contribution in [-0.4, -0.2) is 18.4 Å². The Morgan fingerprint density at radius 2 is 2.00 bits per heavy atom. The summed E-state index contributed by atoms with van der Waals surface area (Å²) in [6.07, 6.45) is 2.31. The summed E-state index contributed by atoms with van der Waals surface area (Å²) in [6, 6.07) is 7.55. The maximum absolute atomic E-state index is 11.6. The third-order valence-electron chi connectivity index (χ3n) is 2.51. The summed E-state index contributed by atoms with van der Waals surface area (Å²) in [5, 5.41) is 5.34. The van der Waals surface area contributed by atoms with Crippen molar-refractivity contribution in [2.75, 3.05) is 11.9 Å². The lowest BCUT2D eigenvalue weighted by Gasteiger charge is -2.07. The van der Waals surface area contributed by atoms with Crippen LogP contribution in [0.2, 0.25) is 0 Å². The smallest absolute Gasteiger partial charge is 0.243 e. The van der Waals surface area contributed by atoms with Crippen LogP contribution in [0.4, 0.5) is 5.69 Å². The number of carbonyl (C=O) groups is 2. The number of anilines is 1. The number of nitrogens with one attached hydrogen (secondary N) is 2. The number of carbonyl (C=O) groups excluding carboxylic acids is 2. The molecule has 0 saturated carbocycles. The molecule has 0 fully saturated rings. The monoisotopic (exact) mass is 248 g/mol. The van der Waals surface area contributed by atoms with Crippen LogP contribution < -0.4 is 10.6 Å². The molecule has 0 bridgehead atoms. The van der Waals surface area contributed by atoms with Crippen molar-refractivity contribution in [3.05, 3.63) is 29.8 Å². The van der Waals surface area contributed by atoms with E-state index in [1.807, 2.05) is 38.1 Å². The Balaban J connectivity index is 2.31. The van der Waals surface area contributed by atoms with Crippen molar-refractivity contribution in [1.82, 2.24) is 5.32 Å². The molecule has 0 aliphatic rings. The molecule has 0 unspecified atom stereocenters. The van der Waals surface area contributed by atoms with Crippen LogP contribution in [0.3, 0.4) is 0 Å². The molecule has 4 heteroatoms. The SMILES string of the molecule is CCCCC(=O)NCC(=O)Nc1cccc(C)c1. The van der Waals surface area contributed by atoms with Crippen LogP contribution in [0.25, 0.3) is 0 Å². The van der Waals surface area contributed by atoms with E-state index in [0.29, 0.717) is 6.42 Å². The van der Waals surface area contributed by atoms with Gasteiger partial charge in [0.2, 0.25) is 11.8 Å². The van der Waals surface area contributed by atoms with Crippen molar-refractivity contribution in [2.45, 2.75) is 33.1 Å². The molecule has 2 N–H and O–H groups in total. The zero-order valence-corrected chi connectivity index (χ0v) is 11.0. The minimum Gasteiger partial charge on any atom is -0.347 e. The fourth-order valence-electron chi connectivity index (χ4n) is 1.53. The Hall–Kier alpha value is -1.84. The van der Waals surface area contributed by atoms with Gasteiger partial charge in [-0.15, -0.1) is 0 Å². The second-order valence-corrected chi connectivity index (χ2v) is 4.30. The van der Waals surface area contributed by atoms with E-state index < -0.39 is 0 Å². The maximum atomic E-state index is 11.6. The Kier molecular flexibility index (Phi) is 5.91. The Morgan fingerprint density at radius 3 is 2.67 bits per heavy atom. The summed E-state index contributed by atoms with van der Waals surface area (Å²) in [7, 11) is 0. The molecule has 0 aromatic heterocycles. The lowest BCUT2D eigenvalue weighted by atomic mass is 10.2. The van der Waals surface area contributed by atoms with E-state index in [1.54, 1.807) is 0 Å². The summed E-state index contributed by atoms with van der Waals surface area (Å²) >= 11 is 0. The van der Waals surface area contributed by atoms with Gasteiger partial charge in [0.05, 0.1) is 6.54 Å². The topological polar surface area (TPSA) is 58.2 Å². The molecule has 0 aliphatic heterocycles. The van der Waals surface area contributed by atoms with Gasteiger partial charge in [0.1, 0.15) is 0 Å². The average molecular weight is 248 g/mol. The summed E-state index contributed by atoms with van der Waals surface area (Å²) in [6.45, 7) is 4.01. The summed E-state index contributed by atoms with van der Waals surface area (Å²) in [5.41, 5.74) is 1.84. The van der Waals surface area contributed by atoms with Crippen LogP contribution >= 0.6 is 0 Å². The molecule has 1 aromatic rings. The molecule has 0 heterocycles. The standard InChI is InChI=1S/C14H20N2O2/c1-3-4-8-13(17)15-10-14(18)16-12-7-5-6-11(2)9-12/h5-7,9H,3-4,8,10H2,1-2H3,(H,15,17)(H,16,18). The normalized spacial score (nSPS) is 9.89. The van der Waals surface area contributed by atoms with Crippen molar-refractivity contribution < 1.29 is 9.59 Å². The zero-order valence-electron chi connectivity index (χ0n) is 11.0. The second-order valence-electron chi connectivity index (χ2n) is 4.30. The molecule has 4 nitrogen and oxygen atoms in total. The Labute approximate surface area is 108 Å². The fraction of sp³-hybridized carbons (Fsp3) is 0.429. The predicted molar refractivity (Wildman–Crippen MR) is 72.3 cm³/mol. The number of unbranched alkanes of at least 4 members (excludes halogenated alkanes) is 1. The maximum Gasteiger partial charge on any atom is 0.243 e. The van der Waals surface area contributed by atoms with Gasteiger partial charge in [0, 0.05) is 12.1 Å². The quantitative estimate of drug-likeness (QED) is 0.811. The molecule has 0 atom stereocenters. The number of aryl methyl sites for hydroxylation is 1. The van der Waals surface area contributed by atoms with Crippen LogP contribution in [-0.2, 0) is 9.59 Å². The second kappa shape index (κ2) is 7.48. The first kappa shape index (κ1) is 14.2. The first-order valence-corrected chi connectivity index (χ1v) is 6.25. The molecule has 0 spiro atoms. The summed E-state index contributed by atoms with van der Waals surface area (Å²) in [5.74, 6) is -0.276. The molecule has 98 valence electrons. The lowest BCUT2D eigenvalue weighted by molar-refractivity contribution is -0.124. The third-order valence-corrected chi connectivity index (χ3v) is 2.51. The largest absolute Gasteiger partial charge is 0.347 e. The number of amides is 2. The molecule has 0 aliphatic carbocycles. The predicted octanol–water partition coefficient (Wildman–Crippen LogP) is 2.24. The highest BCUT2D eigenvalue weighted by Gasteiger charge is 2.05. The molecule has 1 aromatic carbocycles. The van der Waals surface area contributed by atoms with Gasteiger partial charge in [0.15, 0.2) is 0 Å². The highest BCUT2D eigenvalue weighted by atomic mass is 16.2. The van der Waals surface area contributed by atoms with E-state index in [9.17, 15) is 9.59 Å². The number of rotatable bonds is 6. The van der Waals surface area contributed by atoms with Gasteiger partial charge in [-0.3, -0.25) is 9.59 Å². The van der Waals surface area contributed by atoms with Crippen LogP contribution in [0.5, 0.6) is 0 Å². The van der Waals surface area contributed by atoms with Crippen molar-refractivity contribution in [1.29, 1.82) is 0 Å². The van der Waals surface area contributed by atoms with Gasteiger partial charge in [-0.05, 0) is 31.0 Å². The molecule has 1 rings (SSSR count). The highest BCUT2D eigenvalue weighted by Crippen LogP contribution is 2.08. The number of hydrogen-bond donors (Lipinski definition) is 2. The van der Waals surface area contributed by atoms with Gasteiger partial charge in [-0.2, -0.15) is 0 Å². The molecular weight excluding hydrogens is 228 g/mol. The average Bonchev–Trinajstić information content (AvgIpc) is 2.34. The van der Waals surface area contributed by atoms with E-state index in [0.717, 1.165) is 24.1 Å².